The summed E-state index contributed by atoms with van der Waals surface area (Å²) in [6, 6.07) is 9.64. The Bertz CT molecular complexity index is 537. The van der Waals surface area contributed by atoms with Gasteiger partial charge in [0.1, 0.15) is 0 Å². The Morgan fingerprint density at radius 1 is 1.28 bits per heavy atom. The molecule has 0 bridgehead atoms. The zero-order valence-electron chi connectivity index (χ0n) is 11.2. The fourth-order valence-corrected chi connectivity index (χ4v) is 3.63. The van der Waals surface area contributed by atoms with Crippen molar-refractivity contribution in [2.75, 3.05) is 0 Å². The van der Waals surface area contributed by atoms with Crippen LogP contribution in [0, 0.1) is 5.92 Å². The third-order valence-electron chi connectivity index (χ3n) is 3.52. The van der Waals surface area contributed by atoms with Crippen molar-refractivity contribution < 1.29 is 0 Å². The number of nitrogens with one attached hydrogen (secondary N) is 1. The third kappa shape index (κ3) is 2.60. The molecule has 2 heteroatoms. The number of fused-ring (bicyclic) bond motifs is 1. The van der Waals surface area contributed by atoms with Crippen molar-refractivity contribution >= 4 is 21.4 Å². The molecule has 0 atom stereocenters. The van der Waals surface area contributed by atoms with Gasteiger partial charge in [-0.15, -0.1) is 11.3 Å². The second-order valence-corrected chi connectivity index (χ2v) is 6.89. The highest BCUT2D eigenvalue weighted by Crippen LogP contribution is 2.33. The maximum atomic E-state index is 3.66. The van der Waals surface area contributed by atoms with E-state index in [-0.39, 0.29) is 0 Å². The Morgan fingerprint density at radius 2 is 2.06 bits per heavy atom. The lowest BCUT2D eigenvalue weighted by Crippen LogP contribution is -2.15. The second kappa shape index (κ2) is 5.02. The van der Waals surface area contributed by atoms with E-state index in [0.717, 1.165) is 18.5 Å². The minimum atomic E-state index is 0.725. The second-order valence-electron chi connectivity index (χ2n) is 5.75. The molecule has 0 aliphatic heterocycles. The highest BCUT2D eigenvalue weighted by atomic mass is 32.1. The molecule has 1 saturated carbocycles. The maximum absolute atomic E-state index is 3.66. The van der Waals surface area contributed by atoms with Crippen LogP contribution in [0.25, 0.3) is 10.1 Å². The predicted molar refractivity (Wildman–Crippen MR) is 80.2 cm³/mol. The number of hydrogen-bond acceptors (Lipinski definition) is 2. The van der Waals surface area contributed by atoms with Crippen LogP contribution in [-0.2, 0) is 13.0 Å². The molecule has 96 valence electrons. The standard InChI is InChI=1S/C16H21NS/c1-11(2)9-14-13-5-3-4-6-15(13)18-16(14)10-17-12-7-8-12/h3-6,11-12,17H,7-10H2,1-2H3. The number of thiophene rings is 1. The minimum Gasteiger partial charge on any atom is -0.309 e. The Morgan fingerprint density at radius 3 is 2.78 bits per heavy atom. The lowest BCUT2D eigenvalue weighted by Gasteiger charge is -2.08. The predicted octanol–water partition coefficient (Wildman–Crippen LogP) is 4.35. The summed E-state index contributed by atoms with van der Waals surface area (Å²) in [5.74, 6) is 0.725. The molecular weight excluding hydrogens is 238 g/mol. The number of rotatable bonds is 5. The van der Waals surface area contributed by atoms with Gasteiger partial charge >= 0.3 is 0 Å². The molecule has 1 N–H and O–H groups in total. The monoisotopic (exact) mass is 259 g/mol. The molecule has 0 unspecified atom stereocenters. The Kier molecular flexibility index (Phi) is 3.40. The van der Waals surface area contributed by atoms with Gasteiger partial charge in [0.25, 0.3) is 0 Å². The van der Waals surface area contributed by atoms with E-state index in [1.165, 1.54) is 29.3 Å². The molecule has 0 radical (unpaired) electrons. The molecule has 1 aliphatic rings. The molecule has 1 nitrogen and oxygen atoms in total. The molecule has 18 heavy (non-hydrogen) atoms. The molecular formula is C16H21NS. The minimum absolute atomic E-state index is 0.725. The molecule has 0 amide bonds. The smallest absolute Gasteiger partial charge is 0.0349 e. The van der Waals surface area contributed by atoms with E-state index < -0.39 is 0 Å². The van der Waals surface area contributed by atoms with Crippen molar-refractivity contribution in [3.8, 4) is 0 Å². The van der Waals surface area contributed by atoms with Gasteiger partial charge in [-0.1, -0.05) is 32.0 Å². The van der Waals surface area contributed by atoms with Crippen LogP contribution >= 0.6 is 11.3 Å². The SMILES string of the molecule is CC(C)Cc1c(CNC2CC2)sc2ccccc12. The normalized spacial score (nSPS) is 15.7. The van der Waals surface area contributed by atoms with Crippen LogP contribution in [0.1, 0.15) is 37.1 Å². The van der Waals surface area contributed by atoms with Gasteiger partial charge in [-0.25, -0.2) is 0 Å². The van der Waals surface area contributed by atoms with Crippen molar-refractivity contribution in [1.82, 2.24) is 5.32 Å². The largest absolute Gasteiger partial charge is 0.309 e. The summed E-state index contributed by atoms with van der Waals surface area (Å²) in [6.45, 7) is 5.68. The van der Waals surface area contributed by atoms with Crippen molar-refractivity contribution in [1.29, 1.82) is 0 Å². The summed E-state index contributed by atoms with van der Waals surface area (Å²) in [7, 11) is 0. The highest BCUT2D eigenvalue weighted by Gasteiger charge is 2.21. The summed E-state index contributed by atoms with van der Waals surface area (Å²) < 4.78 is 1.45. The fourth-order valence-electron chi connectivity index (χ4n) is 2.45. The molecule has 0 spiro atoms. The summed E-state index contributed by atoms with van der Waals surface area (Å²) in [4.78, 5) is 1.55. The van der Waals surface area contributed by atoms with Gasteiger partial charge in [0, 0.05) is 22.2 Å². The molecule has 0 saturated heterocycles. The molecule has 1 heterocycles. The van der Waals surface area contributed by atoms with Gasteiger partial charge in [-0.2, -0.15) is 0 Å². The van der Waals surface area contributed by atoms with Crippen molar-refractivity contribution in [2.45, 2.75) is 45.7 Å². The first-order chi connectivity index (χ1) is 8.74. The summed E-state index contributed by atoms with van der Waals surface area (Å²) >= 11 is 1.97. The van der Waals surface area contributed by atoms with Crippen molar-refractivity contribution in [2.24, 2.45) is 5.92 Å². The average molecular weight is 259 g/mol. The average Bonchev–Trinajstić information content (AvgIpc) is 3.11. The van der Waals surface area contributed by atoms with Crippen molar-refractivity contribution in [3.05, 3.63) is 34.7 Å². The Hall–Kier alpha value is -0.860. The third-order valence-corrected chi connectivity index (χ3v) is 4.74. The van der Waals surface area contributed by atoms with Crippen LogP contribution in [0.2, 0.25) is 0 Å². The zero-order valence-corrected chi connectivity index (χ0v) is 12.0. The molecule has 2 aromatic rings. The molecule has 1 aromatic carbocycles. The Labute approximate surface area is 113 Å². The van der Waals surface area contributed by atoms with Gasteiger partial charge in [0.2, 0.25) is 0 Å². The lowest BCUT2D eigenvalue weighted by molar-refractivity contribution is 0.637. The maximum Gasteiger partial charge on any atom is 0.0349 e. The van der Waals surface area contributed by atoms with E-state index >= 15 is 0 Å². The van der Waals surface area contributed by atoms with Crippen molar-refractivity contribution in [3.63, 3.8) is 0 Å². The number of benzene rings is 1. The van der Waals surface area contributed by atoms with Crippen LogP contribution in [0.3, 0.4) is 0 Å². The van der Waals surface area contributed by atoms with Gasteiger partial charge in [-0.3, -0.25) is 0 Å². The van der Waals surface area contributed by atoms with E-state index in [2.05, 4.69) is 43.4 Å². The van der Waals surface area contributed by atoms with Crippen LogP contribution < -0.4 is 5.32 Å². The summed E-state index contributed by atoms with van der Waals surface area (Å²) in [5.41, 5.74) is 1.58. The Balaban J connectivity index is 1.93. The van der Waals surface area contributed by atoms with Gasteiger partial charge in [0.05, 0.1) is 0 Å². The molecule has 1 fully saturated rings. The lowest BCUT2D eigenvalue weighted by atomic mass is 10.00. The first-order valence-corrected chi connectivity index (χ1v) is 7.78. The first kappa shape index (κ1) is 12.2. The molecule has 1 aromatic heterocycles. The van der Waals surface area contributed by atoms with E-state index in [9.17, 15) is 0 Å². The molecule has 3 rings (SSSR count). The van der Waals surface area contributed by atoms with Gasteiger partial charge in [-0.05, 0) is 42.2 Å². The van der Waals surface area contributed by atoms with E-state index in [1.807, 2.05) is 11.3 Å². The summed E-state index contributed by atoms with van der Waals surface area (Å²) in [6.07, 6.45) is 3.93. The van der Waals surface area contributed by atoms with E-state index in [1.54, 1.807) is 10.4 Å². The highest BCUT2D eigenvalue weighted by molar-refractivity contribution is 7.19. The van der Waals surface area contributed by atoms with Crippen LogP contribution in [0.4, 0.5) is 0 Å². The quantitative estimate of drug-likeness (QED) is 0.841. The molecule has 1 aliphatic carbocycles. The van der Waals surface area contributed by atoms with Crippen LogP contribution in [-0.4, -0.2) is 6.04 Å². The van der Waals surface area contributed by atoms with Crippen LogP contribution in [0.15, 0.2) is 24.3 Å². The topological polar surface area (TPSA) is 12.0 Å². The zero-order chi connectivity index (χ0) is 12.5. The van der Waals surface area contributed by atoms with Gasteiger partial charge in [0.15, 0.2) is 0 Å². The number of hydrogen-bond donors (Lipinski definition) is 1. The van der Waals surface area contributed by atoms with E-state index in [4.69, 9.17) is 0 Å². The van der Waals surface area contributed by atoms with E-state index in [0.29, 0.717) is 0 Å². The van der Waals surface area contributed by atoms with Crippen LogP contribution in [0.5, 0.6) is 0 Å². The summed E-state index contributed by atoms with van der Waals surface area (Å²) in [5, 5.41) is 5.13. The first-order valence-electron chi connectivity index (χ1n) is 6.96. The fraction of sp³-hybridized carbons (Fsp3) is 0.500. The van der Waals surface area contributed by atoms with Gasteiger partial charge < -0.3 is 5.32 Å².